The molecule has 0 bridgehead atoms. The molecular weight excluding hydrogens is 246 g/mol. The maximum atomic E-state index is 11.3. The Morgan fingerprint density at radius 3 is 2.86 bits per heavy atom. The van der Waals surface area contributed by atoms with Crippen LogP contribution in [0.15, 0.2) is 33.4 Å². The van der Waals surface area contributed by atoms with Crippen molar-refractivity contribution >= 4 is 21.8 Å². The Bertz CT molecular complexity index is 344. The predicted molar refractivity (Wildman–Crippen MR) is 57.7 cm³/mol. The fourth-order valence-corrected chi connectivity index (χ4v) is 1.36. The molecule has 0 N–H and O–H groups in total. The molecule has 0 atom stereocenters. The molecule has 76 valence electrons. The lowest BCUT2D eigenvalue weighted by molar-refractivity contribution is -0.125. The molecule has 0 saturated heterocycles. The lowest BCUT2D eigenvalue weighted by Crippen LogP contribution is -2.23. The van der Waals surface area contributed by atoms with E-state index in [0.29, 0.717) is 11.2 Å². The Morgan fingerprint density at radius 2 is 2.36 bits per heavy atom. The molecule has 0 aliphatic heterocycles. The van der Waals surface area contributed by atoms with Crippen LogP contribution in [-0.4, -0.2) is 17.9 Å². The topological polar surface area (TPSA) is 33.5 Å². The molecule has 1 aromatic rings. The standard InChI is InChI=1S/C10H12BrNO2/c1-3-4-10(13)12(2)7-8-5-6-9(11)14-8/h3-6H,7H2,1-2H3. The van der Waals surface area contributed by atoms with Gasteiger partial charge in [-0.25, -0.2) is 0 Å². The van der Waals surface area contributed by atoms with Gasteiger partial charge in [0.15, 0.2) is 4.67 Å². The van der Waals surface area contributed by atoms with E-state index in [1.807, 2.05) is 19.1 Å². The second kappa shape index (κ2) is 5.00. The molecule has 1 rings (SSSR count). The zero-order valence-electron chi connectivity index (χ0n) is 8.16. The zero-order chi connectivity index (χ0) is 10.6. The minimum atomic E-state index is -0.0278. The molecule has 0 aliphatic rings. The summed E-state index contributed by atoms with van der Waals surface area (Å²) in [6.07, 6.45) is 3.24. The molecule has 1 aromatic heterocycles. The molecule has 3 nitrogen and oxygen atoms in total. The van der Waals surface area contributed by atoms with Gasteiger partial charge in [0.25, 0.3) is 0 Å². The molecule has 0 aromatic carbocycles. The van der Waals surface area contributed by atoms with Crippen LogP contribution in [0.25, 0.3) is 0 Å². The Morgan fingerprint density at radius 1 is 1.64 bits per heavy atom. The minimum Gasteiger partial charge on any atom is -0.452 e. The minimum absolute atomic E-state index is 0.0278. The highest BCUT2D eigenvalue weighted by Crippen LogP contribution is 2.15. The third-order valence-electron chi connectivity index (χ3n) is 1.71. The number of halogens is 1. The van der Waals surface area contributed by atoms with Crippen molar-refractivity contribution in [3.8, 4) is 0 Å². The van der Waals surface area contributed by atoms with Crippen LogP contribution in [0.2, 0.25) is 0 Å². The Hall–Kier alpha value is -1.03. The van der Waals surface area contributed by atoms with Gasteiger partial charge in [0, 0.05) is 7.05 Å². The summed E-state index contributed by atoms with van der Waals surface area (Å²) >= 11 is 3.21. The monoisotopic (exact) mass is 257 g/mol. The van der Waals surface area contributed by atoms with Crippen LogP contribution >= 0.6 is 15.9 Å². The highest BCUT2D eigenvalue weighted by molar-refractivity contribution is 9.10. The molecule has 14 heavy (non-hydrogen) atoms. The third kappa shape index (κ3) is 3.03. The van der Waals surface area contributed by atoms with Crippen molar-refractivity contribution in [2.45, 2.75) is 13.5 Å². The zero-order valence-corrected chi connectivity index (χ0v) is 9.74. The summed E-state index contributed by atoms with van der Waals surface area (Å²) in [7, 11) is 1.73. The van der Waals surface area contributed by atoms with Crippen molar-refractivity contribution in [1.29, 1.82) is 0 Å². The molecule has 0 radical (unpaired) electrons. The number of carbonyl (C=O) groups excluding carboxylic acids is 1. The maximum Gasteiger partial charge on any atom is 0.246 e. The van der Waals surface area contributed by atoms with Crippen LogP contribution in [0.5, 0.6) is 0 Å². The molecule has 1 amide bonds. The van der Waals surface area contributed by atoms with Gasteiger partial charge in [-0.05, 0) is 41.1 Å². The van der Waals surface area contributed by atoms with Crippen LogP contribution < -0.4 is 0 Å². The van der Waals surface area contributed by atoms with E-state index < -0.39 is 0 Å². The van der Waals surface area contributed by atoms with E-state index >= 15 is 0 Å². The van der Waals surface area contributed by atoms with Gasteiger partial charge in [-0.15, -0.1) is 0 Å². The van der Waals surface area contributed by atoms with E-state index in [0.717, 1.165) is 5.76 Å². The lowest BCUT2D eigenvalue weighted by atomic mass is 10.4. The van der Waals surface area contributed by atoms with Crippen LogP contribution in [0.3, 0.4) is 0 Å². The first-order valence-electron chi connectivity index (χ1n) is 4.25. The SMILES string of the molecule is CC=CC(=O)N(C)Cc1ccc(Br)o1. The average molecular weight is 258 g/mol. The Balaban J connectivity index is 2.56. The highest BCUT2D eigenvalue weighted by atomic mass is 79.9. The summed E-state index contributed by atoms with van der Waals surface area (Å²) in [6.45, 7) is 2.30. The summed E-state index contributed by atoms with van der Waals surface area (Å²) in [4.78, 5) is 12.9. The summed E-state index contributed by atoms with van der Waals surface area (Å²) in [5, 5.41) is 0. The number of carbonyl (C=O) groups is 1. The normalized spacial score (nSPS) is 10.8. The van der Waals surface area contributed by atoms with Gasteiger partial charge >= 0.3 is 0 Å². The number of rotatable bonds is 3. The quantitative estimate of drug-likeness (QED) is 0.781. The highest BCUT2D eigenvalue weighted by Gasteiger charge is 2.07. The number of hydrogen-bond donors (Lipinski definition) is 0. The average Bonchev–Trinajstić information content (AvgIpc) is 2.51. The van der Waals surface area contributed by atoms with E-state index in [2.05, 4.69) is 15.9 Å². The van der Waals surface area contributed by atoms with Crippen molar-refractivity contribution in [3.63, 3.8) is 0 Å². The summed E-state index contributed by atoms with van der Waals surface area (Å²) in [6, 6.07) is 3.65. The van der Waals surface area contributed by atoms with Crippen molar-refractivity contribution in [3.05, 3.63) is 34.7 Å². The maximum absolute atomic E-state index is 11.3. The molecule has 1 heterocycles. The number of furan rings is 1. The first-order chi connectivity index (χ1) is 6.63. The summed E-state index contributed by atoms with van der Waals surface area (Å²) < 4.78 is 5.96. The van der Waals surface area contributed by atoms with E-state index in [-0.39, 0.29) is 5.91 Å². The van der Waals surface area contributed by atoms with Gasteiger partial charge in [-0.1, -0.05) is 6.08 Å². The fraction of sp³-hybridized carbons (Fsp3) is 0.300. The lowest BCUT2D eigenvalue weighted by Gasteiger charge is -2.12. The second-order valence-electron chi connectivity index (χ2n) is 2.90. The molecule has 0 saturated carbocycles. The number of nitrogens with zero attached hydrogens (tertiary/aromatic N) is 1. The van der Waals surface area contributed by atoms with Crippen LogP contribution in [0, 0.1) is 0 Å². The third-order valence-corrected chi connectivity index (χ3v) is 2.13. The number of amides is 1. The van der Waals surface area contributed by atoms with Crippen LogP contribution in [0.4, 0.5) is 0 Å². The molecule has 0 spiro atoms. The molecule has 0 fully saturated rings. The van der Waals surface area contributed by atoms with E-state index in [9.17, 15) is 4.79 Å². The number of allylic oxidation sites excluding steroid dienone is 1. The van der Waals surface area contributed by atoms with Crippen molar-refractivity contribution in [2.75, 3.05) is 7.05 Å². The predicted octanol–water partition coefficient (Wildman–Crippen LogP) is 2.58. The van der Waals surface area contributed by atoms with Crippen LogP contribution in [-0.2, 0) is 11.3 Å². The Labute approximate surface area is 91.5 Å². The largest absolute Gasteiger partial charge is 0.452 e. The molecule has 0 aliphatic carbocycles. The fourth-order valence-electron chi connectivity index (χ4n) is 1.02. The second-order valence-corrected chi connectivity index (χ2v) is 3.68. The van der Waals surface area contributed by atoms with Gasteiger partial charge in [0.1, 0.15) is 5.76 Å². The van der Waals surface area contributed by atoms with E-state index in [1.165, 1.54) is 6.08 Å². The van der Waals surface area contributed by atoms with Crippen LogP contribution in [0.1, 0.15) is 12.7 Å². The molecular formula is C10H12BrNO2. The molecule has 4 heteroatoms. The van der Waals surface area contributed by atoms with Crippen molar-refractivity contribution in [2.24, 2.45) is 0 Å². The van der Waals surface area contributed by atoms with Gasteiger partial charge in [0.05, 0.1) is 6.54 Å². The number of hydrogen-bond acceptors (Lipinski definition) is 2. The summed E-state index contributed by atoms with van der Waals surface area (Å²) in [5.41, 5.74) is 0. The molecule has 0 unspecified atom stereocenters. The Kier molecular flexibility index (Phi) is 3.95. The van der Waals surface area contributed by atoms with Gasteiger partial charge < -0.3 is 9.32 Å². The first-order valence-corrected chi connectivity index (χ1v) is 5.04. The van der Waals surface area contributed by atoms with Crippen molar-refractivity contribution in [1.82, 2.24) is 4.90 Å². The van der Waals surface area contributed by atoms with Gasteiger partial charge in [-0.2, -0.15) is 0 Å². The first kappa shape index (κ1) is 11.0. The smallest absolute Gasteiger partial charge is 0.246 e. The van der Waals surface area contributed by atoms with E-state index in [1.54, 1.807) is 18.0 Å². The van der Waals surface area contributed by atoms with Crippen molar-refractivity contribution < 1.29 is 9.21 Å². The van der Waals surface area contributed by atoms with E-state index in [4.69, 9.17) is 4.42 Å². The summed E-state index contributed by atoms with van der Waals surface area (Å²) in [5.74, 6) is 0.734. The number of likely N-dealkylation sites (N-methyl/N-ethyl adjacent to an activating group) is 1. The van der Waals surface area contributed by atoms with Gasteiger partial charge in [0.2, 0.25) is 5.91 Å². The van der Waals surface area contributed by atoms with Gasteiger partial charge in [-0.3, -0.25) is 4.79 Å².